The molecule has 0 amide bonds. The maximum atomic E-state index is 13.1. The van der Waals surface area contributed by atoms with Crippen molar-refractivity contribution in [1.29, 1.82) is 0 Å². The zero-order valence-corrected chi connectivity index (χ0v) is 14.8. The highest BCUT2D eigenvalue weighted by Crippen LogP contribution is 2.25. The van der Waals surface area contributed by atoms with Crippen LogP contribution in [0.2, 0.25) is 0 Å². The van der Waals surface area contributed by atoms with Crippen LogP contribution in [0.15, 0.2) is 62.9 Å². The number of nitrogens with one attached hydrogen (secondary N) is 1. The molecule has 1 aromatic carbocycles. The van der Waals surface area contributed by atoms with Crippen LogP contribution in [0, 0.1) is 5.82 Å². The molecule has 0 bridgehead atoms. The Balaban J connectivity index is 1.80. The molecule has 6 nitrogen and oxygen atoms in total. The molecule has 0 radical (unpaired) electrons. The normalized spacial score (nSPS) is 11.1. The van der Waals surface area contributed by atoms with Gasteiger partial charge in [-0.05, 0) is 29.1 Å². The third-order valence-corrected chi connectivity index (χ3v) is 5.52. The van der Waals surface area contributed by atoms with Gasteiger partial charge in [0.2, 0.25) is 0 Å². The van der Waals surface area contributed by atoms with E-state index < -0.39 is 0 Å². The summed E-state index contributed by atoms with van der Waals surface area (Å²) in [5.41, 5.74) is 0.915. The van der Waals surface area contributed by atoms with Crippen molar-refractivity contribution in [2.24, 2.45) is 0 Å². The van der Waals surface area contributed by atoms with Gasteiger partial charge in [0, 0.05) is 11.9 Å². The summed E-state index contributed by atoms with van der Waals surface area (Å²) in [5, 5.41) is 2.25. The minimum absolute atomic E-state index is 0.244. The smallest absolute Gasteiger partial charge is 0.277 e. The number of halogens is 1. The van der Waals surface area contributed by atoms with Gasteiger partial charge in [0.15, 0.2) is 11.0 Å². The minimum atomic E-state index is -0.354. The molecule has 130 valence electrons. The van der Waals surface area contributed by atoms with E-state index in [1.165, 1.54) is 46.0 Å². The Bertz CT molecular complexity index is 1180. The number of nitrogens with zero attached hydrogens (tertiary/aromatic N) is 3. The Morgan fingerprint density at radius 1 is 1.19 bits per heavy atom. The summed E-state index contributed by atoms with van der Waals surface area (Å²) >= 11 is 2.64. The van der Waals surface area contributed by atoms with Crippen LogP contribution in [0.4, 0.5) is 4.39 Å². The average molecular weight is 386 g/mol. The van der Waals surface area contributed by atoms with Gasteiger partial charge < -0.3 is 4.98 Å². The van der Waals surface area contributed by atoms with E-state index in [4.69, 9.17) is 0 Å². The predicted molar refractivity (Wildman–Crippen MR) is 99.6 cm³/mol. The van der Waals surface area contributed by atoms with Crippen LogP contribution in [-0.2, 0) is 5.75 Å². The van der Waals surface area contributed by atoms with Crippen LogP contribution >= 0.6 is 23.1 Å². The first kappa shape index (κ1) is 16.7. The largest absolute Gasteiger partial charge is 0.324 e. The molecule has 0 unspecified atom stereocenters. The molecule has 0 aliphatic rings. The second-order valence-electron chi connectivity index (χ2n) is 5.35. The molecule has 0 spiro atoms. The zero-order chi connectivity index (χ0) is 18.1. The number of aromatic amines is 1. The van der Waals surface area contributed by atoms with Crippen molar-refractivity contribution in [1.82, 2.24) is 19.5 Å². The third-order valence-electron chi connectivity index (χ3n) is 3.62. The monoisotopic (exact) mass is 386 g/mol. The van der Waals surface area contributed by atoms with Crippen molar-refractivity contribution in [2.75, 3.05) is 0 Å². The first-order valence-corrected chi connectivity index (χ1v) is 9.41. The van der Waals surface area contributed by atoms with Gasteiger partial charge in [-0.15, -0.1) is 11.3 Å². The molecule has 0 saturated heterocycles. The Morgan fingerprint density at radius 3 is 2.73 bits per heavy atom. The van der Waals surface area contributed by atoms with E-state index >= 15 is 0 Å². The molecule has 0 fully saturated rings. The number of benzene rings is 1. The lowest BCUT2D eigenvalue weighted by Gasteiger charge is -2.10. The van der Waals surface area contributed by atoms with Crippen LogP contribution in [0.1, 0.15) is 5.56 Å². The first-order chi connectivity index (χ1) is 12.6. The van der Waals surface area contributed by atoms with E-state index in [1.54, 1.807) is 23.6 Å². The van der Waals surface area contributed by atoms with E-state index in [2.05, 4.69) is 15.0 Å². The Hall–Kier alpha value is -2.78. The van der Waals surface area contributed by atoms with E-state index in [9.17, 15) is 14.0 Å². The lowest BCUT2D eigenvalue weighted by molar-refractivity contribution is 0.627. The second-order valence-corrected chi connectivity index (χ2v) is 7.21. The van der Waals surface area contributed by atoms with E-state index in [1.807, 2.05) is 0 Å². The third kappa shape index (κ3) is 3.18. The number of fused-ring (bicyclic) bond motifs is 1. The van der Waals surface area contributed by atoms with Gasteiger partial charge in [-0.3, -0.25) is 9.59 Å². The highest BCUT2D eigenvalue weighted by atomic mass is 32.2. The van der Waals surface area contributed by atoms with E-state index in [0.29, 0.717) is 26.9 Å². The number of hydrogen-bond donors (Lipinski definition) is 1. The van der Waals surface area contributed by atoms with Gasteiger partial charge in [-0.2, -0.15) is 0 Å². The van der Waals surface area contributed by atoms with Gasteiger partial charge in [-0.1, -0.05) is 23.9 Å². The fourth-order valence-corrected chi connectivity index (χ4v) is 4.09. The number of aromatic nitrogens is 4. The SMILES string of the molecule is O=c1cnc(-n2c(SCc3ccc(F)cc3)nc3ccsc3c2=O)c[nH]1. The molecule has 4 aromatic rings. The molecule has 4 rings (SSSR count). The Kier molecular flexibility index (Phi) is 4.39. The van der Waals surface area contributed by atoms with Crippen LogP contribution in [0.25, 0.3) is 16.0 Å². The van der Waals surface area contributed by atoms with Gasteiger partial charge in [0.25, 0.3) is 11.1 Å². The lowest BCUT2D eigenvalue weighted by atomic mass is 10.2. The molecule has 0 aliphatic carbocycles. The van der Waals surface area contributed by atoms with Gasteiger partial charge in [0.1, 0.15) is 10.5 Å². The fourth-order valence-electron chi connectivity index (χ4n) is 2.38. The zero-order valence-electron chi connectivity index (χ0n) is 13.2. The van der Waals surface area contributed by atoms with Crippen molar-refractivity contribution in [3.05, 3.63) is 80.2 Å². The first-order valence-electron chi connectivity index (χ1n) is 7.54. The molecule has 9 heteroatoms. The maximum Gasteiger partial charge on any atom is 0.277 e. The molecule has 0 aliphatic heterocycles. The maximum absolute atomic E-state index is 13.1. The molecule has 1 N–H and O–H groups in total. The predicted octanol–water partition coefficient (Wildman–Crippen LogP) is 2.96. The molecule has 3 aromatic heterocycles. The summed E-state index contributed by atoms with van der Waals surface area (Å²) in [6.07, 6.45) is 2.50. The Labute approximate surface area is 154 Å². The van der Waals surface area contributed by atoms with Crippen molar-refractivity contribution in [3.8, 4) is 5.82 Å². The quantitative estimate of drug-likeness (QED) is 0.431. The summed E-state index contributed by atoms with van der Waals surface area (Å²) in [6, 6.07) is 7.94. The van der Waals surface area contributed by atoms with Gasteiger partial charge in [-0.25, -0.2) is 18.9 Å². The minimum Gasteiger partial charge on any atom is -0.324 e. The topological polar surface area (TPSA) is 80.6 Å². The van der Waals surface area contributed by atoms with E-state index in [0.717, 1.165) is 11.8 Å². The molecule has 0 saturated carbocycles. The summed E-state index contributed by atoms with van der Waals surface area (Å²) in [5.74, 6) is 0.496. The average Bonchev–Trinajstić information content (AvgIpc) is 3.11. The summed E-state index contributed by atoms with van der Waals surface area (Å²) in [7, 11) is 0. The number of thiophene rings is 1. The van der Waals surface area contributed by atoms with Crippen molar-refractivity contribution >= 4 is 33.3 Å². The number of H-pyrrole nitrogens is 1. The molecular formula is C17H11FN4O2S2. The standard InChI is InChI=1S/C17H11FN4O2S2/c18-11-3-1-10(2-4-11)9-26-17-21-12-5-6-25-15(12)16(24)22(17)13-7-20-14(23)8-19-13/h1-8H,9H2,(H,20,23). The second kappa shape index (κ2) is 6.85. The van der Waals surface area contributed by atoms with Crippen LogP contribution in [0.5, 0.6) is 0 Å². The van der Waals surface area contributed by atoms with Crippen molar-refractivity contribution < 1.29 is 4.39 Å². The molecule has 26 heavy (non-hydrogen) atoms. The van der Waals surface area contributed by atoms with Crippen molar-refractivity contribution in [2.45, 2.75) is 10.9 Å². The van der Waals surface area contributed by atoms with Crippen LogP contribution in [-0.4, -0.2) is 19.5 Å². The summed E-state index contributed by atoms with van der Waals surface area (Å²) < 4.78 is 15.0. The van der Waals surface area contributed by atoms with Gasteiger partial charge >= 0.3 is 0 Å². The molecular weight excluding hydrogens is 375 g/mol. The van der Waals surface area contributed by atoms with Gasteiger partial charge in [0.05, 0.1) is 11.7 Å². The number of hydrogen-bond acceptors (Lipinski definition) is 6. The highest BCUT2D eigenvalue weighted by Gasteiger charge is 2.15. The molecule has 0 atom stereocenters. The van der Waals surface area contributed by atoms with E-state index in [-0.39, 0.29) is 16.9 Å². The summed E-state index contributed by atoms with van der Waals surface area (Å²) in [4.78, 5) is 35.3. The lowest BCUT2D eigenvalue weighted by Crippen LogP contribution is -2.23. The fraction of sp³-hybridized carbons (Fsp3) is 0.0588. The summed E-state index contributed by atoms with van der Waals surface area (Å²) in [6.45, 7) is 0. The van der Waals surface area contributed by atoms with Crippen LogP contribution in [0.3, 0.4) is 0 Å². The Morgan fingerprint density at radius 2 is 2.00 bits per heavy atom. The number of thioether (sulfide) groups is 1. The number of rotatable bonds is 4. The highest BCUT2D eigenvalue weighted by molar-refractivity contribution is 7.98. The van der Waals surface area contributed by atoms with Crippen molar-refractivity contribution in [3.63, 3.8) is 0 Å². The molecule has 3 heterocycles. The van der Waals surface area contributed by atoms with Crippen LogP contribution < -0.4 is 11.1 Å².